The molecule has 1 N–H and O–H groups in total. The molecule has 0 aliphatic carbocycles. The topological polar surface area (TPSA) is 94.5 Å². The van der Waals surface area contributed by atoms with Crippen LogP contribution in [0.1, 0.15) is 17.5 Å². The van der Waals surface area contributed by atoms with Crippen LogP contribution in [0.4, 0.5) is 0 Å². The van der Waals surface area contributed by atoms with Gasteiger partial charge in [0.2, 0.25) is 0 Å². The molecule has 0 aromatic carbocycles. The minimum atomic E-state index is -0.922. The normalized spacial score (nSPS) is 9.13. The van der Waals surface area contributed by atoms with Crippen molar-refractivity contribution in [2.24, 2.45) is 0 Å². The first-order valence-corrected chi connectivity index (χ1v) is 4.20. The van der Waals surface area contributed by atoms with Crippen LogP contribution in [-0.2, 0) is 9.53 Å². The maximum atomic E-state index is 11.5. The summed E-state index contributed by atoms with van der Waals surface area (Å²) in [5.41, 5.74) is 6.14. The van der Waals surface area contributed by atoms with Gasteiger partial charge in [0, 0.05) is 0 Å². The number of Topliss-reactive ketones (excluding diaryl/α,β-unsaturated/α-hetero) is 1. The molecule has 0 atom stereocenters. The molecule has 6 heteroatoms. The van der Waals surface area contributed by atoms with Crippen molar-refractivity contribution in [1.82, 2.24) is 0 Å². The van der Waals surface area contributed by atoms with Crippen LogP contribution in [0.2, 0.25) is 0 Å². The summed E-state index contributed by atoms with van der Waals surface area (Å²) >= 11 is 0. The lowest BCUT2D eigenvalue weighted by molar-refractivity contribution is -0.151. The van der Waals surface area contributed by atoms with Crippen molar-refractivity contribution in [3.05, 3.63) is 24.2 Å². The van der Waals surface area contributed by atoms with E-state index in [1.165, 1.54) is 18.4 Å². The predicted molar refractivity (Wildman–Crippen MR) is 47.7 cm³/mol. The fourth-order valence-corrected chi connectivity index (χ4v) is 0.913. The predicted octanol–water partition coefficient (Wildman–Crippen LogP) is 0.706. The van der Waals surface area contributed by atoms with E-state index in [0.717, 1.165) is 0 Å². The summed E-state index contributed by atoms with van der Waals surface area (Å²) in [5, 5.41) is 0. The zero-order valence-electron chi connectivity index (χ0n) is 8.02. The molecule has 1 aromatic rings. The van der Waals surface area contributed by atoms with Crippen LogP contribution in [-0.4, -0.2) is 28.9 Å². The molecule has 0 unspecified atom stereocenters. The van der Waals surface area contributed by atoms with Crippen LogP contribution in [0.3, 0.4) is 0 Å². The highest BCUT2D eigenvalue weighted by atomic mass is 16.5. The highest BCUT2D eigenvalue weighted by Crippen LogP contribution is 2.02. The third-order valence-corrected chi connectivity index (χ3v) is 1.54. The van der Waals surface area contributed by atoms with Crippen molar-refractivity contribution < 1.29 is 23.5 Å². The average molecular weight is 209 g/mol. The van der Waals surface area contributed by atoms with Gasteiger partial charge in [0.15, 0.2) is 5.76 Å². The number of nitrogens with one attached hydrogen (secondary N) is 1. The second-order valence-corrected chi connectivity index (χ2v) is 2.49. The Morgan fingerprint density at radius 1 is 1.60 bits per heavy atom. The lowest BCUT2D eigenvalue weighted by Gasteiger charge is -1.93. The fourth-order valence-electron chi connectivity index (χ4n) is 0.913. The average Bonchev–Trinajstić information content (AvgIpc) is 2.71. The Hall–Kier alpha value is -2.20. The summed E-state index contributed by atoms with van der Waals surface area (Å²) in [5.74, 6) is -1.73. The van der Waals surface area contributed by atoms with Crippen molar-refractivity contribution in [3.8, 4) is 0 Å². The fraction of sp³-hybridized carbons (Fsp3) is 0.222. The highest BCUT2D eigenvalue weighted by molar-refractivity contribution is 6.65. The number of ether oxygens (including phenoxy) is 1. The monoisotopic (exact) mass is 209 g/mol. The van der Waals surface area contributed by atoms with Crippen molar-refractivity contribution >= 4 is 17.5 Å². The van der Waals surface area contributed by atoms with Crippen LogP contribution < -0.4 is 0 Å². The maximum Gasteiger partial charge on any atom is 0.498 e. The Balaban J connectivity index is 2.91. The van der Waals surface area contributed by atoms with Crippen molar-refractivity contribution in [3.63, 3.8) is 0 Å². The van der Waals surface area contributed by atoms with Gasteiger partial charge in [0.1, 0.15) is 0 Å². The molecule has 0 bridgehead atoms. The molecular weight excluding hydrogens is 200 g/mol. The smallest absolute Gasteiger partial charge is 0.461 e. The Kier molecular flexibility index (Phi) is 3.54. The Morgan fingerprint density at radius 3 is 2.80 bits per heavy atom. The van der Waals surface area contributed by atoms with Crippen molar-refractivity contribution in [1.29, 1.82) is 5.53 Å². The molecule has 0 fully saturated rings. The summed E-state index contributed by atoms with van der Waals surface area (Å²) < 4.78 is 9.35. The third kappa shape index (κ3) is 2.38. The van der Waals surface area contributed by atoms with Gasteiger partial charge >= 0.3 is 17.5 Å². The van der Waals surface area contributed by atoms with Crippen LogP contribution in [0.25, 0.3) is 0 Å². The number of hydrogen-bond donors (Lipinski definition) is 1. The van der Waals surface area contributed by atoms with E-state index >= 15 is 0 Å². The molecule has 0 saturated heterocycles. The molecule has 0 amide bonds. The largest absolute Gasteiger partial charge is 0.498 e. The number of esters is 1. The van der Waals surface area contributed by atoms with E-state index in [-0.39, 0.29) is 12.4 Å². The molecule has 1 rings (SSSR count). The molecule has 15 heavy (non-hydrogen) atoms. The summed E-state index contributed by atoms with van der Waals surface area (Å²) in [6.07, 6.45) is 1.29. The summed E-state index contributed by atoms with van der Waals surface area (Å²) in [6, 6.07) is 2.88. The molecule has 1 aromatic heterocycles. The zero-order valence-corrected chi connectivity index (χ0v) is 8.02. The van der Waals surface area contributed by atoms with E-state index in [4.69, 9.17) is 9.95 Å². The highest BCUT2D eigenvalue weighted by Gasteiger charge is 2.36. The van der Waals surface area contributed by atoms with Gasteiger partial charge in [-0.05, 0) is 19.1 Å². The maximum absolute atomic E-state index is 11.5. The van der Waals surface area contributed by atoms with Crippen LogP contribution in [0, 0.1) is 5.53 Å². The summed E-state index contributed by atoms with van der Waals surface area (Å²) in [4.78, 5) is 25.5. The molecule has 0 radical (unpaired) electrons. The van der Waals surface area contributed by atoms with Crippen molar-refractivity contribution in [2.45, 2.75) is 6.92 Å². The van der Waals surface area contributed by atoms with Gasteiger partial charge in [-0.25, -0.2) is 4.79 Å². The van der Waals surface area contributed by atoms with E-state index in [1.54, 1.807) is 6.92 Å². The molecule has 78 valence electrons. The van der Waals surface area contributed by atoms with Crippen LogP contribution in [0.15, 0.2) is 22.8 Å². The Bertz CT molecular complexity index is 415. The molecule has 0 aliphatic heterocycles. The van der Waals surface area contributed by atoms with E-state index in [0.29, 0.717) is 0 Å². The number of furan rings is 1. The van der Waals surface area contributed by atoms with Crippen LogP contribution in [0.5, 0.6) is 0 Å². The standard InChI is InChI=1S/C9H9N2O4/c1-2-14-9(13)7(11-10)8(12)6-4-3-5-15-6/h3-5,10H,2H2,1H3/q+1. The molecule has 0 aliphatic rings. The van der Waals surface area contributed by atoms with Crippen LogP contribution >= 0.6 is 0 Å². The number of carbonyl (C=O) groups is 2. The SMILES string of the molecule is CCOC(=O)C(=[N+]=N)C(=O)c1ccco1. The molecule has 0 spiro atoms. The van der Waals surface area contributed by atoms with Gasteiger partial charge < -0.3 is 9.15 Å². The van der Waals surface area contributed by atoms with E-state index in [2.05, 4.69) is 9.53 Å². The van der Waals surface area contributed by atoms with Crippen molar-refractivity contribution in [2.75, 3.05) is 6.61 Å². The second kappa shape index (κ2) is 4.88. The lowest BCUT2D eigenvalue weighted by atomic mass is 10.2. The van der Waals surface area contributed by atoms with Gasteiger partial charge in [-0.1, -0.05) is 0 Å². The molecule has 0 saturated carbocycles. The first kappa shape index (κ1) is 10.9. The lowest BCUT2D eigenvalue weighted by Crippen LogP contribution is -2.27. The second-order valence-electron chi connectivity index (χ2n) is 2.49. The number of hydrogen-bond acceptors (Lipinski definition) is 5. The molecule has 1 heterocycles. The molecule has 6 nitrogen and oxygen atoms in total. The Labute approximate surface area is 85.1 Å². The first-order valence-electron chi connectivity index (χ1n) is 4.20. The number of ketones is 1. The summed E-state index contributed by atoms with van der Waals surface area (Å²) in [6.45, 7) is 1.71. The van der Waals surface area contributed by atoms with Gasteiger partial charge in [0.25, 0.3) is 0 Å². The Morgan fingerprint density at radius 2 is 2.33 bits per heavy atom. The number of nitrogens with zero attached hydrogens (tertiary/aromatic N) is 1. The quantitative estimate of drug-likeness (QED) is 0.197. The molecular formula is C9H9N2O4+. The third-order valence-electron chi connectivity index (χ3n) is 1.54. The number of rotatable bonds is 4. The van der Waals surface area contributed by atoms with Gasteiger partial charge in [-0.2, -0.15) is 0 Å². The van der Waals surface area contributed by atoms with Gasteiger partial charge in [-0.15, -0.1) is 0 Å². The van der Waals surface area contributed by atoms with E-state index in [9.17, 15) is 9.59 Å². The van der Waals surface area contributed by atoms with Gasteiger partial charge in [0.05, 0.1) is 23.2 Å². The van der Waals surface area contributed by atoms with Gasteiger partial charge in [-0.3, -0.25) is 4.79 Å². The minimum Gasteiger partial charge on any atom is -0.461 e. The van der Waals surface area contributed by atoms with E-state index in [1.807, 2.05) is 0 Å². The zero-order chi connectivity index (χ0) is 11.3. The first-order chi connectivity index (χ1) is 7.20. The summed E-state index contributed by atoms with van der Waals surface area (Å²) in [7, 11) is 0. The number of carbonyl (C=O) groups excluding carboxylic acids is 2. The van der Waals surface area contributed by atoms with E-state index < -0.39 is 17.5 Å². The minimum absolute atomic E-state index is 0.0472.